The molecule has 1 aromatic rings. The molecule has 2 amide bonds. The summed E-state index contributed by atoms with van der Waals surface area (Å²) in [5.41, 5.74) is 1.57. The molecule has 2 unspecified atom stereocenters. The Balaban J connectivity index is 1.68. The number of hydrogen-bond donors (Lipinski definition) is 1. The Labute approximate surface area is 225 Å². The molecule has 38 heavy (non-hydrogen) atoms. The van der Waals surface area contributed by atoms with Gasteiger partial charge >= 0.3 is 5.97 Å². The van der Waals surface area contributed by atoms with Crippen LogP contribution in [0.2, 0.25) is 0 Å². The number of carbonyl (C=O) groups is 3. The van der Waals surface area contributed by atoms with E-state index in [4.69, 9.17) is 9.47 Å². The lowest BCUT2D eigenvalue weighted by atomic mass is 9.70. The quantitative estimate of drug-likeness (QED) is 0.241. The molecule has 0 saturated carbocycles. The molecule has 1 spiro atoms. The standard InChI is InChI=1S/C30H40N2O6/c1-5-7-8-9-19-37-29(36)23-22-14-15-30(38-22)24(23)27(34)32(17-11-18-33)26(30)28(35)31(16-6-2)25-20(3)12-10-13-21(25)4/h5-6,10,12-13,22-24,26,33H,1-2,7-9,11,14-19H2,3-4H3/t22-,23+,24-,26?,30?/m0/s1. The fraction of sp³-hybridized carbons (Fsp3) is 0.567. The van der Waals surface area contributed by atoms with Gasteiger partial charge in [-0.3, -0.25) is 14.4 Å². The van der Waals surface area contributed by atoms with E-state index in [9.17, 15) is 19.5 Å². The zero-order valence-corrected chi connectivity index (χ0v) is 22.6. The molecule has 3 aliphatic rings. The molecule has 206 valence electrons. The van der Waals surface area contributed by atoms with E-state index in [1.54, 1.807) is 15.9 Å². The summed E-state index contributed by atoms with van der Waals surface area (Å²) in [5, 5.41) is 9.56. The second-order valence-corrected chi connectivity index (χ2v) is 10.6. The first kappa shape index (κ1) is 28.0. The van der Waals surface area contributed by atoms with Gasteiger partial charge in [-0.05, 0) is 63.5 Å². The number of nitrogens with zero attached hydrogens (tertiary/aromatic N) is 2. The second-order valence-electron chi connectivity index (χ2n) is 10.6. The topological polar surface area (TPSA) is 96.4 Å². The molecular weight excluding hydrogens is 484 g/mol. The summed E-state index contributed by atoms with van der Waals surface area (Å²) >= 11 is 0. The van der Waals surface area contributed by atoms with Crippen molar-refractivity contribution < 1.29 is 29.0 Å². The lowest BCUT2D eigenvalue weighted by Crippen LogP contribution is -2.56. The number of likely N-dealkylation sites (tertiary alicyclic amines) is 1. The Morgan fingerprint density at radius 3 is 2.61 bits per heavy atom. The summed E-state index contributed by atoms with van der Waals surface area (Å²) in [7, 11) is 0. The lowest BCUT2D eigenvalue weighted by Gasteiger charge is -2.37. The van der Waals surface area contributed by atoms with Gasteiger partial charge in [-0.2, -0.15) is 0 Å². The zero-order valence-electron chi connectivity index (χ0n) is 22.6. The maximum atomic E-state index is 14.5. The van der Waals surface area contributed by atoms with Crippen molar-refractivity contribution in [2.24, 2.45) is 11.8 Å². The molecule has 3 aliphatic heterocycles. The Morgan fingerprint density at radius 2 is 1.95 bits per heavy atom. The van der Waals surface area contributed by atoms with Crippen molar-refractivity contribution in [3.63, 3.8) is 0 Å². The van der Waals surface area contributed by atoms with Crippen molar-refractivity contribution in [3.8, 4) is 0 Å². The number of rotatable bonds is 13. The minimum atomic E-state index is -1.10. The monoisotopic (exact) mass is 524 g/mol. The second kappa shape index (κ2) is 11.8. The van der Waals surface area contributed by atoms with E-state index in [1.165, 1.54) is 0 Å². The molecule has 5 atom stereocenters. The summed E-state index contributed by atoms with van der Waals surface area (Å²) in [6, 6.07) is 4.95. The molecule has 1 N–H and O–H groups in total. The highest BCUT2D eigenvalue weighted by atomic mass is 16.6. The SMILES string of the molecule is C=CCCCCOC(=O)[C@@H]1[C@@H]2CCC3(O2)C(C(=O)N(CC=C)c2c(C)cccc2C)N(CCCO)C(=O)[C@H]13. The molecule has 3 fully saturated rings. The highest BCUT2D eigenvalue weighted by Crippen LogP contribution is 2.59. The first-order chi connectivity index (χ1) is 18.3. The van der Waals surface area contributed by atoms with Gasteiger partial charge in [-0.15, -0.1) is 13.2 Å². The predicted octanol–water partition coefficient (Wildman–Crippen LogP) is 3.48. The summed E-state index contributed by atoms with van der Waals surface area (Å²) < 4.78 is 12.1. The summed E-state index contributed by atoms with van der Waals surface area (Å²) in [6.45, 7) is 12.1. The van der Waals surface area contributed by atoms with Crippen LogP contribution in [0.25, 0.3) is 0 Å². The van der Waals surface area contributed by atoms with Gasteiger partial charge < -0.3 is 24.4 Å². The van der Waals surface area contributed by atoms with E-state index in [0.29, 0.717) is 19.3 Å². The fourth-order valence-electron chi connectivity index (χ4n) is 6.64. The number of esters is 1. The lowest BCUT2D eigenvalue weighted by molar-refractivity contribution is -0.155. The average molecular weight is 525 g/mol. The molecule has 0 aliphatic carbocycles. The Kier molecular flexibility index (Phi) is 8.73. The number of para-hydroxylation sites is 1. The number of anilines is 1. The van der Waals surface area contributed by atoms with Gasteiger partial charge in [-0.1, -0.05) is 30.4 Å². The molecule has 8 heteroatoms. The fourth-order valence-corrected chi connectivity index (χ4v) is 6.64. The van der Waals surface area contributed by atoms with E-state index < -0.39 is 35.6 Å². The highest BCUT2D eigenvalue weighted by molar-refractivity contribution is 6.05. The molecule has 4 rings (SSSR count). The molecule has 2 bridgehead atoms. The van der Waals surface area contributed by atoms with Crippen LogP contribution in [0.4, 0.5) is 5.69 Å². The Morgan fingerprint density at radius 1 is 1.21 bits per heavy atom. The summed E-state index contributed by atoms with van der Waals surface area (Å²) in [5.74, 6) is -2.47. The summed E-state index contributed by atoms with van der Waals surface area (Å²) in [6.07, 6.45) is 6.92. The van der Waals surface area contributed by atoms with E-state index >= 15 is 0 Å². The number of aliphatic hydroxyl groups is 1. The van der Waals surface area contributed by atoms with E-state index in [-0.39, 0.29) is 38.1 Å². The Bertz CT molecular complexity index is 1070. The van der Waals surface area contributed by atoms with Gasteiger partial charge in [0.25, 0.3) is 5.91 Å². The van der Waals surface area contributed by atoms with Crippen molar-refractivity contribution in [1.82, 2.24) is 4.90 Å². The van der Waals surface area contributed by atoms with Gasteiger partial charge in [0.2, 0.25) is 5.91 Å². The molecule has 3 heterocycles. The van der Waals surface area contributed by atoms with Crippen molar-refractivity contribution in [2.45, 2.75) is 70.1 Å². The van der Waals surface area contributed by atoms with Crippen LogP contribution < -0.4 is 4.90 Å². The molecule has 0 aromatic heterocycles. The van der Waals surface area contributed by atoms with E-state index in [1.807, 2.05) is 38.1 Å². The van der Waals surface area contributed by atoms with Crippen LogP contribution in [-0.2, 0) is 23.9 Å². The van der Waals surface area contributed by atoms with Gasteiger partial charge in [-0.25, -0.2) is 0 Å². The smallest absolute Gasteiger partial charge is 0.312 e. The Hall–Kier alpha value is -2.97. The number of hydrogen-bond acceptors (Lipinski definition) is 6. The number of allylic oxidation sites excluding steroid dienone is 1. The van der Waals surface area contributed by atoms with Crippen LogP contribution in [0.15, 0.2) is 43.5 Å². The van der Waals surface area contributed by atoms with Crippen LogP contribution in [0, 0.1) is 25.7 Å². The average Bonchev–Trinajstić information content (AvgIpc) is 3.53. The van der Waals surface area contributed by atoms with Gasteiger partial charge in [0, 0.05) is 25.4 Å². The van der Waals surface area contributed by atoms with Crippen molar-refractivity contribution in [2.75, 3.05) is 31.2 Å². The predicted molar refractivity (Wildman–Crippen MR) is 144 cm³/mol. The number of amides is 2. The zero-order chi connectivity index (χ0) is 27.4. The first-order valence-corrected chi connectivity index (χ1v) is 13.7. The van der Waals surface area contributed by atoms with Crippen molar-refractivity contribution in [1.29, 1.82) is 0 Å². The third-order valence-electron chi connectivity index (χ3n) is 8.20. The summed E-state index contributed by atoms with van der Waals surface area (Å²) in [4.78, 5) is 44.9. The maximum Gasteiger partial charge on any atom is 0.312 e. The number of ether oxygens (including phenoxy) is 2. The minimum Gasteiger partial charge on any atom is -0.465 e. The van der Waals surface area contributed by atoms with Crippen molar-refractivity contribution in [3.05, 3.63) is 54.6 Å². The molecule has 8 nitrogen and oxygen atoms in total. The molecule has 3 saturated heterocycles. The molecule has 1 aromatic carbocycles. The van der Waals surface area contributed by atoms with E-state index in [2.05, 4.69) is 13.2 Å². The highest BCUT2D eigenvalue weighted by Gasteiger charge is 2.75. The van der Waals surface area contributed by atoms with Crippen LogP contribution >= 0.6 is 0 Å². The number of aliphatic hydroxyl groups excluding tert-OH is 1. The minimum absolute atomic E-state index is 0.116. The third-order valence-corrected chi connectivity index (χ3v) is 8.20. The van der Waals surface area contributed by atoms with Crippen molar-refractivity contribution >= 4 is 23.5 Å². The van der Waals surface area contributed by atoms with Gasteiger partial charge in [0.05, 0.1) is 24.5 Å². The molecule has 0 radical (unpaired) electrons. The van der Waals surface area contributed by atoms with Crippen LogP contribution in [-0.4, -0.2) is 71.8 Å². The van der Waals surface area contributed by atoms with E-state index in [0.717, 1.165) is 36.1 Å². The van der Waals surface area contributed by atoms with Crippen LogP contribution in [0.1, 0.15) is 49.7 Å². The number of unbranched alkanes of at least 4 members (excludes halogenated alkanes) is 2. The number of carbonyl (C=O) groups excluding carboxylic acids is 3. The first-order valence-electron chi connectivity index (χ1n) is 13.7. The number of fused-ring (bicyclic) bond motifs is 1. The number of benzene rings is 1. The van der Waals surface area contributed by atoms with Crippen LogP contribution in [0.5, 0.6) is 0 Å². The maximum absolute atomic E-state index is 14.5. The number of aryl methyl sites for hydroxylation is 2. The van der Waals surface area contributed by atoms with Gasteiger partial charge in [0.15, 0.2) is 0 Å². The normalized spacial score (nSPS) is 27.3. The molecular formula is C30H40N2O6. The van der Waals surface area contributed by atoms with Crippen LogP contribution in [0.3, 0.4) is 0 Å². The van der Waals surface area contributed by atoms with Gasteiger partial charge in [0.1, 0.15) is 11.6 Å². The third kappa shape index (κ3) is 4.80. The largest absolute Gasteiger partial charge is 0.465 e.